The molecule has 0 saturated heterocycles. The Labute approximate surface area is 94.2 Å². The van der Waals surface area contributed by atoms with Crippen LogP contribution in [0.2, 0.25) is 0 Å². The first kappa shape index (κ1) is 13.7. The summed E-state index contributed by atoms with van der Waals surface area (Å²) in [5.41, 5.74) is -1.15. The molecular formula is C11H11N3O2. The monoisotopic (exact) mass is 217 g/mol. The second-order valence-corrected chi connectivity index (χ2v) is 3.72. The van der Waals surface area contributed by atoms with Gasteiger partial charge in [-0.25, -0.2) is 0 Å². The highest BCUT2D eigenvalue weighted by Gasteiger charge is 2.30. The van der Waals surface area contributed by atoms with Crippen molar-refractivity contribution in [2.45, 2.75) is 20.3 Å². The molecule has 0 aromatic heterocycles. The highest BCUT2D eigenvalue weighted by molar-refractivity contribution is 5.71. The smallest absolute Gasteiger partial charge is 0.306 e. The minimum Gasteiger partial charge on any atom is -0.469 e. The number of ether oxygens (including phenoxy) is 1. The van der Waals surface area contributed by atoms with Crippen molar-refractivity contribution in [2.24, 2.45) is 5.41 Å². The maximum atomic E-state index is 11.1. The zero-order valence-electron chi connectivity index (χ0n) is 9.37. The van der Waals surface area contributed by atoms with Crippen LogP contribution in [0, 0.1) is 39.4 Å². The molecule has 0 aliphatic heterocycles. The molecule has 0 aliphatic rings. The molecule has 82 valence electrons. The number of hydrogen-bond donors (Lipinski definition) is 0. The number of carbonyl (C=O) groups excluding carboxylic acids is 1. The number of allylic oxidation sites excluding steroid dienone is 2. The molecular weight excluding hydrogens is 206 g/mol. The van der Waals surface area contributed by atoms with Crippen molar-refractivity contribution >= 4 is 5.97 Å². The summed E-state index contributed by atoms with van der Waals surface area (Å²) >= 11 is 0. The van der Waals surface area contributed by atoms with E-state index in [0.29, 0.717) is 0 Å². The highest BCUT2D eigenvalue weighted by Crippen LogP contribution is 2.32. The summed E-state index contributed by atoms with van der Waals surface area (Å²) in [5.74, 6) is -0.493. The van der Waals surface area contributed by atoms with Crippen LogP contribution in [-0.4, -0.2) is 13.1 Å². The van der Waals surface area contributed by atoms with E-state index in [2.05, 4.69) is 4.74 Å². The molecule has 0 spiro atoms. The van der Waals surface area contributed by atoms with Crippen LogP contribution in [0.15, 0.2) is 11.1 Å². The number of esters is 1. The number of carbonyl (C=O) groups is 1. The molecule has 0 amide bonds. The third kappa shape index (κ3) is 3.12. The van der Waals surface area contributed by atoms with E-state index in [1.54, 1.807) is 32.1 Å². The van der Waals surface area contributed by atoms with Crippen LogP contribution in [0.3, 0.4) is 0 Å². The fraction of sp³-hybridized carbons (Fsp3) is 0.455. The predicted octanol–water partition coefficient (Wildman–Crippen LogP) is 1.44. The zero-order chi connectivity index (χ0) is 12.8. The van der Waals surface area contributed by atoms with Gasteiger partial charge >= 0.3 is 5.97 Å². The molecule has 5 heteroatoms. The van der Waals surface area contributed by atoms with Gasteiger partial charge in [-0.2, -0.15) is 15.8 Å². The largest absolute Gasteiger partial charge is 0.469 e. The van der Waals surface area contributed by atoms with E-state index in [9.17, 15) is 4.79 Å². The molecule has 0 unspecified atom stereocenters. The molecule has 0 saturated carbocycles. The minimum atomic E-state index is -0.886. The zero-order valence-corrected chi connectivity index (χ0v) is 9.37. The Morgan fingerprint density at radius 1 is 1.19 bits per heavy atom. The highest BCUT2D eigenvalue weighted by atomic mass is 16.5. The van der Waals surface area contributed by atoms with Crippen LogP contribution >= 0.6 is 0 Å². The van der Waals surface area contributed by atoms with Gasteiger partial charge in [0.05, 0.1) is 25.2 Å². The molecule has 5 nitrogen and oxygen atoms in total. The van der Waals surface area contributed by atoms with Gasteiger partial charge in [-0.05, 0) is 0 Å². The van der Waals surface area contributed by atoms with Crippen LogP contribution in [0.1, 0.15) is 20.3 Å². The molecule has 0 rings (SSSR count). The van der Waals surface area contributed by atoms with Crippen molar-refractivity contribution in [1.82, 2.24) is 0 Å². The summed E-state index contributed by atoms with van der Waals surface area (Å²) < 4.78 is 4.49. The standard InChI is InChI=1S/C11H11N3O2/c1-11(2,4-10(15)16-3)9(7-14)8(5-12)6-13/h4H2,1-3H3. The minimum absolute atomic E-state index is 0.00269. The van der Waals surface area contributed by atoms with E-state index >= 15 is 0 Å². The van der Waals surface area contributed by atoms with Crippen molar-refractivity contribution in [3.63, 3.8) is 0 Å². The SMILES string of the molecule is COC(=O)CC(C)(C)C(C#N)=C(C#N)C#N. The Hall–Kier alpha value is -2.32. The second-order valence-electron chi connectivity index (χ2n) is 3.72. The van der Waals surface area contributed by atoms with E-state index in [0.717, 1.165) is 0 Å². The fourth-order valence-electron chi connectivity index (χ4n) is 1.20. The average Bonchev–Trinajstić information content (AvgIpc) is 2.24. The number of nitrogens with zero attached hydrogens (tertiary/aromatic N) is 3. The van der Waals surface area contributed by atoms with E-state index in [1.807, 2.05) is 0 Å². The molecule has 16 heavy (non-hydrogen) atoms. The first-order valence-corrected chi connectivity index (χ1v) is 4.44. The van der Waals surface area contributed by atoms with Crippen LogP contribution in [-0.2, 0) is 9.53 Å². The maximum absolute atomic E-state index is 11.1. The summed E-state index contributed by atoms with van der Waals surface area (Å²) in [7, 11) is 1.24. The molecule has 0 aromatic rings. The Kier molecular flexibility index (Phi) is 4.73. The number of rotatable bonds is 3. The number of nitriles is 3. The topological polar surface area (TPSA) is 97.7 Å². The molecule has 0 heterocycles. The molecule has 0 bridgehead atoms. The lowest BCUT2D eigenvalue weighted by atomic mass is 9.79. The lowest BCUT2D eigenvalue weighted by molar-refractivity contribution is -0.142. The molecule has 0 N–H and O–H groups in total. The van der Waals surface area contributed by atoms with Crippen LogP contribution < -0.4 is 0 Å². The van der Waals surface area contributed by atoms with Crippen molar-refractivity contribution in [3.8, 4) is 18.2 Å². The van der Waals surface area contributed by atoms with Gasteiger partial charge in [0.2, 0.25) is 0 Å². The fourth-order valence-corrected chi connectivity index (χ4v) is 1.20. The number of methoxy groups -OCH3 is 1. The summed E-state index contributed by atoms with van der Waals surface area (Å²) in [4.78, 5) is 11.1. The lowest BCUT2D eigenvalue weighted by Gasteiger charge is -2.21. The molecule has 0 fully saturated rings. The molecule has 0 radical (unpaired) electrons. The van der Waals surface area contributed by atoms with Gasteiger partial charge in [-0.3, -0.25) is 4.79 Å². The summed E-state index contributed by atoms with van der Waals surface area (Å²) in [6.07, 6.45) is -0.0563. The van der Waals surface area contributed by atoms with Crippen molar-refractivity contribution in [3.05, 3.63) is 11.1 Å². The third-order valence-corrected chi connectivity index (χ3v) is 2.08. The first-order chi connectivity index (χ1) is 7.42. The molecule has 0 aliphatic carbocycles. The average molecular weight is 217 g/mol. The summed E-state index contributed by atoms with van der Waals surface area (Å²) in [6.45, 7) is 3.22. The van der Waals surface area contributed by atoms with Gasteiger partial charge < -0.3 is 4.74 Å². The lowest BCUT2D eigenvalue weighted by Crippen LogP contribution is -2.21. The third-order valence-electron chi connectivity index (χ3n) is 2.08. The van der Waals surface area contributed by atoms with E-state index in [-0.39, 0.29) is 17.6 Å². The Morgan fingerprint density at radius 3 is 2.00 bits per heavy atom. The van der Waals surface area contributed by atoms with Gasteiger partial charge in [0.1, 0.15) is 17.7 Å². The second kappa shape index (κ2) is 5.53. The quantitative estimate of drug-likeness (QED) is 0.526. The van der Waals surface area contributed by atoms with Crippen LogP contribution in [0.4, 0.5) is 0 Å². The van der Waals surface area contributed by atoms with Crippen molar-refractivity contribution < 1.29 is 9.53 Å². The van der Waals surface area contributed by atoms with Gasteiger partial charge in [0, 0.05) is 5.41 Å². The summed E-state index contributed by atoms with van der Waals surface area (Å²) in [6, 6.07) is 5.09. The Balaban J connectivity index is 5.39. The Bertz CT molecular complexity index is 425. The first-order valence-electron chi connectivity index (χ1n) is 4.44. The van der Waals surface area contributed by atoms with Crippen LogP contribution in [0.5, 0.6) is 0 Å². The van der Waals surface area contributed by atoms with E-state index < -0.39 is 11.4 Å². The van der Waals surface area contributed by atoms with Gasteiger partial charge in [-0.1, -0.05) is 13.8 Å². The molecule has 0 aromatic carbocycles. The van der Waals surface area contributed by atoms with Gasteiger partial charge in [0.25, 0.3) is 0 Å². The number of hydrogen-bond acceptors (Lipinski definition) is 5. The summed E-state index contributed by atoms with van der Waals surface area (Å²) in [5, 5.41) is 26.3. The van der Waals surface area contributed by atoms with Crippen LogP contribution in [0.25, 0.3) is 0 Å². The normalized spacial score (nSPS) is 9.25. The van der Waals surface area contributed by atoms with E-state index in [4.69, 9.17) is 15.8 Å². The Morgan fingerprint density at radius 2 is 1.69 bits per heavy atom. The molecule has 0 atom stereocenters. The van der Waals surface area contributed by atoms with Crippen molar-refractivity contribution in [1.29, 1.82) is 15.8 Å². The van der Waals surface area contributed by atoms with Gasteiger partial charge in [0.15, 0.2) is 0 Å². The maximum Gasteiger partial charge on any atom is 0.306 e. The van der Waals surface area contributed by atoms with Crippen molar-refractivity contribution in [2.75, 3.05) is 7.11 Å². The predicted molar refractivity (Wildman–Crippen MR) is 54.3 cm³/mol. The van der Waals surface area contributed by atoms with E-state index in [1.165, 1.54) is 7.11 Å². The van der Waals surface area contributed by atoms with Gasteiger partial charge in [-0.15, -0.1) is 0 Å².